The van der Waals surface area contributed by atoms with E-state index in [2.05, 4.69) is 22.2 Å². The van der Waals surface area contributed by atoms with Gasteiger partial charge in [-0.05, 0) is 19.3 Å². The molecule has 0 bridgehead atoms. The smallest absolute Gasteiger partial charge is 0.191 e. The lowest BCUT2D eigenvalue weighted by molar-refractivity contribution is -0.0320. The van der Waals surface area contributed by atoms with Gasteiger partial charge in [-0.1, -0.05) is 6.08 Å². The summed E-state index contributed by atoms with van der Waals surface area (Å²) in [5.41, 5.74) is 0. The first-order valence-corrected chi connectivity index (χ1v) is 6.61. The summed E-state index contributed by atoms with van der Waals surface area (Å²) in [6.45, 7) is 7.69. The molecule has 0 aliphatic carbocycles. The van der Waals surface area contributed by atoms with Gasteiger partial charge in [0.2, 0.25) is 0 Å². The fourth-order valence-corrected chi connectivity index (χ4v) is 1.76. The predicted octanol–water partition coefficient (Wildman–Crippen LogP) is 1.54. The molecule has 112 valence electrons. The van der Waals surface area contributed by atoms with Gasteiger partial charge in [-0.15, -0.1) is 30.6 Å². The van der Waals surface area contributed by atoms with Crippen LogP contribution in [0.15, 0.2) is 17.6 Å². The average molecular weight is 383 g/mol. The maximum absolute atomic E-state index is 5.78. The number of ether oxygens (including phenoxy) is 2. The van der Waals surface area contributed by atoms with E-state index in [1.54, 1.807) is 13.1 Å². The second-order valence-corrected chi connectivity index (χ2v) is 4.20. The van der Waals surface area contributed by atoms with Crippen LogP contribution in [-0.4, -0.2) is 52.0 Å². The first-order chi connectivity index (χ1) is 8.86. The van der Waals surface area contributed by atoms with Crippen LogP contribution in [0.25, 0.3) is 0 Å². The Labute approximate surface area is 133 Å². The molecule has 1 aliphatic heterocycles. The Morgan fingerprint density at radius 3 is 2.79 bits per heavy atom. The van der Waals surface area contributed by atoms with E-state index in [9.17, 15) is 0 Å². The number of nitrogens with one attached hydrogen (secondary N) is 2. The number of hydrogen-bond acceptors (Lipinski definition) is 3. The number of halogens is 1. The lowest BCUT2D eigenvalue weighted by atomic mass is 10.1. The Morgan fingerprint density at radius 2 is 2.16 bits per heavy atom. The Bertz CT molecular complexity index is 256. The van der Waals surface area contributed by atoms with Gasteiger partial charge in [0.05, 0.1) is 6.10 Å². The van der Waals surface area contributed by atoms with Gasteiger partial charge in [-0.2, -0.15) is 0 Å². The van der Waals surface area contributed by atoms with Crippen LogP contribution in [0.3, 0.4) is 0 Å². The van der Waals surface area contributed by atoms with Gasteiger partial charge in [0.15, 0.2) is 5.96 Å². The van der Waals surface area contributed by atoms with Crippen molar-refractivity contribution in [1.82, 2.24) is 10.6 Å². The van der Waals surface area contributed by atoms with E-state index < -0.39 is 0 Å². The summed E-state index contributed by atoms with van der Waals surface area (Å²) in [6.07, 6.45) is 5.22. The van der Waals surface area contributed by atoms with Gasteiger partial charge in [-0.3, -0.25) is 4.99 Å². The molecule has 2 N–H and O–H groups in total. The van der Waals surface area contributed by atoms with Gasteiger partial charge < -0.3 is 20.1 Å². The summed E-state index contributed by atoms with van der Waals surface area (Å²) in [7, 11) is 1.76. The largest absolute Gasteiger partial charge is 0.381 e. The van der Waals surface area contributed by atoms with Crippen molar-refractivity contribution in [3.05, 3.63) is 12.7 Å². The third kappa shape index (κ3) is 9.23. The van der Waals surface area contributed by atoms with Crippen molar-refractivity contribution in [2.45, 2.75) is 25.4 Å². The van der Waals surface area contributed by atoms with Gasteiger partial charge in [0.25, 0.3) is 0 Å². The minimum absolute atomic E-state index is 0. The average Bonchev–Trinajstić information content (AvgIpc) is 2.43. The van der Waals surface area contributed by atoms with Crippen LogP contribution in [0, 0.1) is 0 Å². The molecule has 1 saturated heterocycles. The second kappa shape index (κ2) is 12.7. The van der Waals surface area contributed by atoms with Crippen LogP contribution in [0.2, 0.25) is 0 Å². The number of hydrogen-bond donors (Lipinski definition) is 2. The van der Waals surface area contributed by atoms with Crippen molar-refractivity contribution in [1.29, 1.82) is 0 Å². The number of guanidine groups is 1. The summed E-state index contributed by atoms with van der Waals surface area (Å²) in [6, 6.07) is 0. The summed E-state index contributed by atoms with van der Waals surface area (Å²) in [5.74, 6) is 0.806. The zero-order valence-corrected chi connectivity index (χ0v) is 14.0. The highest BCUT2D eigenvalue weighted by Crippen LogP contribution is 2.10. The summed E-state index contributed by atoms with van der Waals surface area (Å²) in [5, 5.41) is 6.35. The Morgan fingerprint density at radius 1 is 1.42 bits per heavy atom. The molecule has 0 radical (unpaired) electrons. The first-order valence-electron chi connectivity index (χ1n) is 6.61. The van der Waals surface area contributed by atoms with Gasteiger partial charge >= 0.3 is 0 Å². The zero-order valence-electron chi connectivity index (χ0n) is 11.7. The highest BCUT2D eigenvalue weighted by Gasteiger charge is 2.13. The number of rotatable bonds is 7. The van der Waals surface area contributed by atoms with E-state index >= 15 is 0 Å². The maximum Gasteiger partial charge on any atom is 0.191 e. The lowest BCUT2D eigenvalue weighted by Gasteiger charge is -2.22. The predicted molar refractivity (Wildman–Crippen MR) is 89.4 cm³/mol. The quantitative estimate of drug-likeness (QED) is 0.230. The third-order valence-corrected chi connectivity index (χ3v) is 2.77. The monoisotopic (exact) mass is 383 g/mol. The molecule has 1 fully saturated rings. The Hall–Kier alpha value is -0.340. The zero-order chi connectivity index (χ0) is 13.1. The van der Waals surface area contributed by atoms with E-state index in [1.165, 1.54) is 0 Å². The molecule has 0 unspecified atom stereocenters. The van der Waals surface area contributed by atoms with E-state index in [0.717, 1.165) is 58.1 Å². The number of nitrogens with zero attached hydrogens (tertiary/aromatic N) is 1. The molecule has 0 amide bonds. The Kier molecular flexibility index (Phi) is 12.5. The van der Waals surface area contributed by atoms with Crippen molar-refractivity contribution in [2.75, 3.05) is 40.0 Å². The topological polar surface area (TPSA) is 54.9 Å². The van der Waals surface area contributed by atoms with Gasteiger partial charge in [0.1, 0.15) is 0 Å². The van der Waals surface area contributed by atoms with Crippen LogP contribution in [-0.2, 0) is 9.47 Å². The fraction of sp³-hybridized carbons (Fsp3) is 0.769. The Balaban J connectivity index is 0.00000324. The number of aliphatic imine (C=N–C) groups is 1. The molecule has 0 aromatic carbocycles. The molecule has 0 aromatic rings. The van der Waals surface area contributed by atoms with Crippen LogP contribution in [0.1, 0.15) is 19.3 Å². The van der Waals surface area contributed by atoms with E-state index in [-0.39, 0.29) is 24.0 Å². The maximum atomic E-state index is 5.78. The molecular weight excluding hydrogens is 357 g/mol. The van der Waals surface area contributed by atoms with Crippen LogP contribution in [0.4, 0.5) is 0 Å². The summed E-state index contributed by atoms with van der Waals surface area (Å²) in [4.78, 5) is 4.10. The first kappa shape index (κ1) is 18.7. The van der Waals surface area contributed by atoms with E-state index in [4.69, 9.17) is 9.47 Å². The highest BCUT2D eigenvalue weighted by molar-refractivity contribution is 14.0. The second-order valence-electron chi connectivity index (χ2n) is 4.20. The fourth-order valence-electron chi connectivity index (χ4n) is 1.76. The van der Waals surface area contributed by atoms with Crippen LogP contribution < -0.4 is 10.6 Å². The standard InChI is InChI=1S/C13H25N3O2.HI/c1-3-7-15-13(14-2)16-8-4-9-18-12-5-10-17-11-6-12;/h3,12H,1,4-11H2,2H3,(H2,14,15,16);1H. The van der Waals surface area contributed by atoms with Crippen molar-refractivity contribution >= 4 is 29.9 Å². The molecule has 6 heteroatoms. The molecule has 1 heterocycles. The molecule has 19 heavy (non-hydrogen) atoms. The van der Waals surface area contributed by atoms with Crippen molar-refractivity contribution in [3.8, 4) is 0 Å². The molecule has 0 saturated carbocycles. The summed E-state index contributed by atoms with van der Waals surface area (Å²) < 4.78 is 11.1. The molecule has 0 aromatic heterocycles. The van der Waals surface area contributed by atoms with E-state index in [1.807, 2.05) is 0 Å². The van der Waals surface area contributed by atoms with Gasteiger partial charge in [0, 0.05) is 40.0 Å². The van der Waals surface area contributed by atoms with Crippen molar-refractivity contribution in [3.63, 3.8) is 0 Å². The van der Waals surface area contributed by atoms with E-state index in [0.29, 0.717) is 6.10 Å². The van der Waals surface area contributed by atoms with Gasteiger partial charge in [-0.25, -0.2) is 0 Å². The minimum atomic E-state index is 0. The minimum Gasteiger partial charge on any atom is -0.381 e. The van der Waals surface area contributed by atoms with Crippen LogP contribution in [0.5, 0.6) is 0 Å². The van der Waals surface area contributed by atoms with Crippen molar-refractivity contribution < 1.29 is 9.47 Å². The molecule has 0 atom stereocenters. The lowest BCUT2D eigenvalue weighted by Crippen LogP contribution is -2.38. The third-order valence-electron chi connectivity index (χ3n) is 2.77. The molecule has 5 nitrogen and oxygen atoms in total. The molecule has 1 aliphatic rings. The summed E-state index contributed by atoms with van der Waals surface area (Å²) >= 11 is 0. The molecule has 1 rings (SSSR count). The molecular formula is C13H26IN3O2. The highest BCUT2D eigenvalue weighted by atomic mass is 127. The van der Waals surface area contributed by atoms with Crippen molar-refractivity contribution in [2.24, 2.45) is 4.99 Å². The molecule has 0 spiro atoms. The SMILES string of the molecule is C=CCNC(=NC)NCCCOC1CCOCC1.I. The normalized spacial score (nSPS) is 16.6. The van der Waals surface area contributed by atoms with Crippen LogP contribution >= 0.6 is 24.0 Å².